The maximum absolute atomic E-state index is 15.1. The molecule has 0 atom stereocenters. The number of benzene rings is 2. The summed E-state index contributed by atoms with van der Waals surface area (Å²) in [4.78, 5) is 0. The highest BCUT2D eigenvalue weighted by Gasteiger charge is 2.30. The van der Waals surface area contributed by atoms with E-state index in [1.54, 1.807) is 18.2 Å². The van der Waals surface area contributed by atoms with Gasteiger partial charge in [0.25, 0.3) is 0 Å². The third kappa shape index (κ3) is 5.93. The van der Waals surface area contributed by atoms with Crippen LogP contribution in [-0.4, -0.2) is 6.10 Å². The maximum atomic E-state index is 15.1. The van der Waals surface area contributed by atoms with Crippen molar-refractivity contribution in [2.24, 2.45) is 5.92 Å². The van der Waals surface area contributed by atoms with Gasteiger partial charge in [-0.15, -0.1) is 0 Å². The van der Waals surface area contributed by atoms with Gasteiger partial charge in [-0.05, 0) is 92.2 Å². The van der Waals surface area contributed by atoms with E-state index in [4.69, 9.17) is 4.74 Å². The van der Waals surface area contributed by atoms with Crippen molar-refractivity contribution < 1.29 is 22.3 Å². The van der Waals surface area contributed by atoms with Crippen molar-refractivity contribution >= 4 is 0 Å². The molecule has 4 rings (SSSR count). The van der Waals surface area contributed by atoms with Crippen LogP contribution in [0.25, 0.3) is 0 Å². The summed E-state index contributed by atoms with van der Waals surface area (Å²) in [7, 11) is 0. The van der Waals surface area contributed by atoms with Crippen LogP contribution in [0.15, 0.2) is 24.3 Å². The molecule has 0 saturated heterocycles. The van der Waals surface area contributed by atoms with Crippen LogP contribution < -0.4 is 0 Å². The SMILES string of the molecule is CCCc1ccc(COC2CCC(c3ccc(C4CCC(CC)CC4)c(F)c3F)CC2)c(F)c1F. The molecule has 0 N–H and O–H groups in total. The van der Waals surface area contributed by atoms with Crippen molar-refractivity contribution in [1.82, 2.24) is 0 Å². The Kier molecular flexibility index (Phi) is 8.91. The van der Waals surface area contributed by atoms with Gasteiger partial charge in [0.15, 0.2) is 23.3 Å². The van der Waals surface area contributed by atoms with Crippen molar-refractivity contribution in [3.8, 4) is 0 Å². The molecule has 5 heteroatoms. The summed E-state index contributed by atoms with van der Waals surface area (Å²) < 4.78 is 64.6. The summed E-state index contributed by atoms with van der Waals surface area (Å²) in [5.74, 6) is -2.17. The number of hydrogen-bond acceptors (Lipinski definition) is 1. The Morgan fingerprint density at radius 2 is 1.17 bits per heavy atom. The van der Waals surface area contributed by atoms with E-state index in [1.165, 1.54) is 0 Å². The first-order valence-corrected chi connectivity index (χ1v) is 13.5. The topological polar surface area (TPSA) is 9.23 Å². The Morgan fingerprint density at radius 1 is 0.657 bits per heavy atom. The second kappa shape index (κ2) is 11.9. The molecule has 2 aliphatic carbocycles. The number of rotatable bonds is 8. The van der Waals surface area contributed by atoms with Crippen molar-refractivity contribution in [3.05, 3.63) is 69.8 Å². The van der Waals surface area contributed by atoms with Gasteiger partial charge in [-0.2, -0.15) is 0 Å². The third-order valence-electron chi connectivity index (χ3n) is 8.36. The fraction of sp³-hybridized carbons (Fsp3) is 0.600. The summed E-state index contributed by atoms with van der Waals surface area (Å²) in [5.41, 5.74) is 1.62. The molecule has 2 aromatic carbocycles. The van der Waals surface area contributed by atoms with Crippen LogP contribution in [0.5, 0.6) is 0 Å². The minimum Gasteiger partial charge on any atom is -0.373 e. The van der Waals surface area contributed by atoms with E-state index in [2.05, 4.69) is 6.92 Å². The molecule has 2 aliphatic rings. The predicted molar refractivity (Wildman–Crippen MR) is 131 cm³/mol. The van der Waals surface area contributed by atoms with Gasteiger partial charge in [0.05, 0.1) is 12.7 Å². The fourth-order valence-corrected chi connectivity index (χ4v) is 6.04. The number of aryl methyl sites for hydroxylation is 1. The average Bonchev–Trinajstić information content (AvgIpc) is 2.88. The molecule has 0 spiro atoms. The van der Waals surface area contributed by atoms with Crippen molar-refractivity contribution in [3.63, 3.8) is 0 Å². The van der Waals surface area contributed by atoms with Gasteiger partial charge in [-0.1, -0.05) is 51.0 Å². The standard InChI is InChI=1S/C30H38F4O/c1-3-5-22-10-11-23(28(32)27(22)31)18-35-24-14-12-21(13-15-24)26-17-16-25(29(33)30(26)34)20-8-6-19(4-2)7-9-20/h10-11,16-17,19-21,24H,3-9,12-15,18H2,1-2H3. The van der Waals surface area contributed by atoms with Crippen molar-refractivity contribution in [2.45, 2.75) is 109 Å². The van der Waals surface area contributed by atoms with Gasteiger partial charge >= 0.3 is 0 Å². The highest BCUT2D eigenvalue weighted by Crippen LogP contribution is 2.41. The van der Waals surface area contributed by atoms with E-state index in [9.17, 15) is 8.78 Å². The molecular weight excluding hydrogens is 452 g/mol. The Morgan fingerprint density at radius 3 is 1.71 bits per heavy atom. The molecule has 0 aromatic heterocycles. The van der Waals surface area contributed by atoms with Crippen LogP contribution in [0.4, 0.5) is 17.6 Å². The number of hydrogen-bond donors (Lipinski definition) is 0. The lowest BCUT2D eigenvalue weighted by molar-refractivity contribution is 0.0116. The zero-order valence-electron chi connectivity index (χ0n) is 21.0. The molecular formula is C30H38F4O. The third-order valence-corrected chi connectivity index (χ3v) is 8.36. The van der Waals surface area contributed by atoms with Crippen molar-refractivity contribution in [2.75, 3.05) is 0 Å². The van der Waals surface area contributed by atoms with Gasteiger partial charge < -0.3 is 4.74 Å². The van der Waals surface area contributed by atoms with E-state index < -0.39 is 23.3 Å². The zero-order valence-corrected chi connectivity index (χ0v) is 21.0. The molecule has 2 saturated carbocycles. The quantitative estimate of drug-likeness (QED) is 0.335. The second-order valence-corrected chi connectivity index (χ2v) is 10.5. The Bertz CT molecular complexity index is 988. The Labute approximate surface area is 207 Å². The minimum atomic E-state index is -0.828. The van der Waals surface area contributed by atoms with Gasteiger partial charge in [0, 0.05) is 5.56 Å². The molecule has 0 amide bonds. The molecule has 0 bridgehead atoms. The monoisotopic (exact) mass is 490 g/mol. The molecule has 2 fully saturated rings. The van der Waals surface area contributed by atoms with Crippen LogP contribution in [0.3, 0.4) is 0 Å². The maximum Gasteiger partial charge on any atom is 0.164 e. The highest BCUT2D eigenvalue weighted by molar-refractivity contribution is 5.32. The smallest absolute Gasteiger partial charge is 0.164 e. The molecule has 0 aliphatic heterocycles. The number of ether oxygens (including phenoxy) is 1. The fourth-order valence-electron chi connectivity index (χ4n) is 6.04. The van der Waals surface area contributed by atoms with Gasteiger partial charge in [-0.3, -0.25) is 0 Å². The largest absolute Gasteiger partial charge is 0.373 e. The number of halogens is 4. The summed E-state index contributed by atoms with van der Waals surface area (Å²) in [6.07, 6.45) is 9.12. The van der Waals surface area contributed by atoms with E-state index in [1.807, 2.05) is 13.0 Å². The molecule has 0 heterocycles. The van der Waals surface area contributed by atoms with E-state index in [0.29, 0.717) is 54.7 Å². The van der Waals surface area contributed by atoms with Crippen LogP contribution in [0.1, 0.15) is 112 Å². The summed E-state index contributed by atoms with van der Waals surface area (Å²) in [6, 6.07) is 6.84. The Balaban J connectivity index is 1.32. The van der Waals surface area contributed by atoms with E-state index in [0.717, 1.165) is 38.5 Å². The predicted octanol–water partition coefficient (Wildman–Crippen LogP) is 9.12. The van der Waals surface area contributed by atoms with Crippen molar-refractivity contribution in [1.29, 1.82) is 0 Å². The molecule has 192 valence electrons. The molecule has 0 radical (unpaired) electrons. The first-order chi connectivity index (χ1) is 16.9. The van der Waals surface area contributed by atoms with Gasteiger partial charge in [-0.25, -0.2) is 17.6 Å². The van der Waals surface area contributed by atoms with E-state index in [-0.39, 0.29) is 30.1 Å². The molecule has 35 heavy (non-hydrogen) atoms. The lowest BCUT2D eigenvalue weighted by atomic mass is 9.76. The first-order valence-electron chi connectivity index (χ1n) is 13.5. The van der Waals surface area contributed by atoms with Crippen LogP contribution in [0, 0.1) is 29.2 Å². The van der Waals surface area contributed by atoms with Crippen LogP contribution in [-0.2, 0) is 17.8 Å². The van der Waals surface area contributed by atoms with Crippen LogP contribution >= 0.6 is 0 Å². The molecule has 1 nitrogen and oxygen atoms in total. The molecule has 0 unspecified atom stereocenters. The zero-order chi connectivity index (χ0) is 24.9. The summed E-state index contributed by atoms with van der Waals surface area (Å²) in [5, 5.41) is 0. The lowest BCUT2D eigenvalue weighted by Gasteiger charge is -2.31. The van der Waals surface area contributed by atoms with E-state index >= 15 is 8.78 Å². The van der Waals surface area contributed by atoms with Gasteiger partial charge in [0.2, 0.25) is 0 Å². The second-order valence-electron chi connectivity index (χ2n) is 10.5. The highest BCUT2D eigenvalue weighted by atomic mass is 19.2. The average molecular weight is 491 g/mol. The Hall–Kier alpha value is -1.88. The minimum absolute atomic E-state index is 0.0163. The normalized spacial score (nSPS) is 25.1. The summed E-state index contributed by atoms with van der Waals surface area (Å²) in [6.45, 7) is 4.14. The lowest BCUT2D eigenvalue weighted by Crippen LogP contribution is -2.22. The molecule has 2 aromatic rings. The first kappa shape index (κ1) is 26.2. The van der Waals surface area contributed by atoms with Gasteiger partial charge in [0.1, 0.15) is 0 Å². The van der Waals surface area contributed by atoms with Crippen LogP contribution in [0.2, 0.25) is 0 Å². The summed E-state index contributed by atoms with van der Waals surface area (Å²) >= 11 is 0.